The van der Waals surface area contributed by atoms with Crippen LogP contribution in [0.25, 0.3) is 0 Å². The van der Waals surface area contributed by atoms with Gasteiger partial charge in [0.2, 0.25) is 0 Å². The summed E-state index contributed by atoms with van der Waals surface area (Å²) in [6, 6.07) is 6.64. The number of aromatic nitrogens is 1. The van der Waals surface area contributed by atoms with Crippen LogP contribution >= 0.6 is 0 Å². The molecule has 0 saturated heterocycles. The lowest BCUT2D eigenvalue weighted by Gasteiger charge is -2.18. The molecule has 1 aromatic carbocycles. The van der Waals surface area contributed by atoms with E-state index in [0.717, 1.165) is 5.56 Å². The summed E-state index contributed by atoms with van der Waals surface area (Å²) in [6.45, 7) is 3.30. The summed E-state index contributed by atoms with van der Waals surface area (Å²) in [5.74, 6) is 0.952. The van der Waals surface area contributed by atoms with Gasteiger partial charge in [-0.1, -0.05) is 0 Å². The molecular formula is C17H20N2O4. The summed E-state index contributed by atoms with van der Waals surface area (Å²) >= 11 is 0. The molecule has 0 aliphatic carbocycles. The number of benzene rings is 1. The molecule has 0 spiro atoms. The van der Waals surface area contributed by atoms with E-state index in [1.807, 2.05) is 13.0 Å². The van der Waals surface area contributed by atoms with Crippen LogP contribution in [-0.2, 0) is 0 Å². The normalized spacial score (nSPS) is 11.7. The molecule has 0 aliphatic rings. The van der Waals surface area contributed by atoms with E-state index in [2.05, 4.69) is 10.3 Å². The zero-order valence-corrected chi connectivity index (χ0v) is 13.6. The predicted octanol–water partition coefficient (Wildman–Crippen LogP) is 2.73. The number of ether oxygens (including phenoxy) is 2. The van der Waals surface area contributed by atoms with E-state index in [1.54, 1.807) is 26.4 Å². The van der Waals surface area contributed by atoms with Gasteiger partial charge in [-0.25, -0.2) is 0 Å². The number of hydrogen-bond acceptors (Lipinski definition) is 4. The number of Topliss-reactive ketones (excluding diaryl/α,β-unsaturated/α-hetero) is 1. The molecule has 6 heteroatoms. The largest absolute Gasteiger partial charge is 0.497 e. The summed E-state index contributed by atoms with van der Waals surface area (Å²) in [4.78, 5) is 26.4. The summed E-state index contributed by atoms with van der Waals surface area (Å²) < 4.78 is 10.5. The van der Waals surface area contributed by atoms with Crippen molar-refractivity contribution in [2.75, 3.05) is 14.2 Å². The van der Waals surface area contributed by atoms with Crippen LogP contribution in [-0.4, -0.2) is 30.9 Å². The Morgan fingerprint density at radius 3 is 2.48 bits per heavy atom. The summed E-state index contributed by atoms with van der Waals surface area (Å²) in [5, 5.41) is 2.87. The number of aromatic amines is 1. The second kappa shape index (κ2) is 7.00. The molecule has 0 fully saturated rings. The first-order valence-electron chi connectivity index (χ1n) is 7.18. The van der Waals surface area contributed by atoms with Crippen LogP contribution in [0.15, 0.2) is 30.5 Å². The van der Waals surface area contributed by atoms with Gasteiger partial charge in [0.1, 0.15) is 17.2 Å². The van der Waals surface area contributed by atoms with Crippen LogP contribution in [0.5, 0.6) is 11.5 Å². The van der Waals surface area contributed by atoms with E-state index in [9.17, 15) is 9.59 Å². The molecule has 0 unspecified atom stereocenters. The third-order valence-electron chi connectivity index (χ3n) is 3.59. The molecule has 0 aliphatic heterocycles. The van der Waals surface area contributed by atoms with Gasteiger partial charge in [0.25, 0.3) is 5.91 Å². The second-order valence-electron chi connectivity index (χ2n) is 5.16. The van der Waals surface area contributed by atoms with Crippen molar-refractivity contribution in [3.8, 4) is 11.5 Å². The fraction of sp³-hybridized carbons (Fsp3) is 0.294. The fourth-order valence-corrected chi connectivity index (χ4v) is 2.26. The van der Waals surface area contributed by atoms with Crippen molar-refractivity contribution in [3.63, 3.8) is 0 Å². The molecule has 1 heterocycles. The van der Waals surface area contributed by atoms with Crippen molar-refractivity contribution < 1.29 is 19.1 Å². The lowest BCUT2D eigenvalue weighted by Crippen LogP contribution is -2.27. The maximum atomic E-state index is 12.3. The average Bonchev–Trinajstić information content (AvgIpc) is 3.04. The molecule has 122 valence electrons. The SMILES string of the molecule is COc1ccc(OC)c([C@@H](C)NC(=O)c2cc(C(C)=O)c[nH]2)c1. The first kappa shape index (κ1) is 16.6. The Balaban J connectivity index is 2.18. The van der Waals surface area contributed by atoms with Crippen molar-refractivity contribution >= 4 is 11.7 Å². The van der Waals surface area contributed by atoms with Crippen molar-refractivity contribution in [2.24, 2.45) is 0 Å². The Hall–Kier alpha value is -2.76. The fourth-order valence-electron chi connectivity index (χ4n) is 2.26. The van der Waals surface area contributed by atoms with Crippen molar-refractivity contribution in [1.29, 1.82) is 0 Å². The molecule has 1 amide bonds. The Morgan fingerprint density at radius 2 is 1.91 bits per heavy atom. The minimum atomic E-state index is -0.296. The quantitative estimate of drug-likeness (QED) is 0.803. The smallest absolute Gasteiger partial charge is 0.268 e. The van der Waals surface area contributed by atoms with Gasteiger partial charge in [-0.05, 0) is 38.1 Å². The van der Waals surface area contributed by atoms with Gasteiger partial charge in [-0.2, -0.15) is 0 Å². The molecule has 1 aromatic heterocycles. The second-order valence-corrected chi connectivity index (χ2v) is 5.16. The molecule has 2 rings (SSSR count). The number of H-pyrrole nitrogens is 1. The summed E-state index contributed by atoms with van der Waals surface area (Å²) in [7, 11) is 3.15. The van der Waals surface area contributed by atoms with E-state index >= 15 is 0 Å². The lowest BCUT2D eigenvalue weighted by molar-refractivity contribution is 0.0935. The maximum Gasteiger partial charge on any atom is 0.268 e. The minimum Gasteiger partial charge on any atom is -0.497 e. The van der Waals surface area contributed by atoms with E-state index in [0.29, 0.717) is 22.8 Å². The predicted molar refractivity (Wildman–Crippen MR) is 86.2 cm³/mol. The van der Waals surface area contributed by atoms with Gasteiger partial charge >= 0.3 is 0 Å². The number of ketones is 1. The van der Waals surface area contributed by atoms with Crippen LogP contribution < -0.4 is 14.8 Å². The van der Waals surface area contributed by atoms with Crippen molar-refractivity contribution in [3.05, 3.63) is 47.3 Å². The van der Waals surface area contributed by atoms with Crippen LogP contribution in [0.4, 0.5) is 0 Å². The van der Waals surface area contributed by atoms with Crippen LogP contribution in [0, 0.1) is 0 Å². The van der Waals surface area contributed by atoms with Gasteiger partial charge < -0.3 is 19.8 Å². The highest BCUT2D eigenvalue weighted by Crippen LogP contribution is 2.29. The first-order valence-corrected chi connectivity index (χ1v) is 7.18. The molecular weight excluding hydrogens is 296 g/mol. The highest BCUT2D eigenvalue weighted by Gasteiger charge is 2.17. The van der Waals surface area contributed by atoms with Crippen LogP contribution in [0.3, 0.4) is 0 Å². The van der Waals surface area contributed by atoms with Crippen molar-refractivity contribution in [2.45, 2.75) is 19.9 Å². The minimum absolute atomic E-state index is 0.0946. The molecule has 23 heavy (non-hydrogen) atoms. The van der Waals surface area contributed by atoms with Crippen LogP contribution in [0.2, 0.25) is 0 Å². The summed E-state index contributed by atoms with van der Waals surface area (Å²) in [5.41, 5.74) is 1.62. The Bertz CT molecular complexity index is 721. The van der Waals surface area contributed by atoms with E-state index in [-0.39, 0.29) is 17.7 Å². The Morgan fingerprint density at radius 1 is 1.17 bits per heavy atom. The van der Waals surface area contributed by atoms with E-state index in [1.165, 1.54) is 19.2 Å². The van der Waals surface area contributed by atoms with Crippen LogP contribution in [0.1, 0.15) is 46.3 Å². The van der Waals surface area contributed by atoms with Crippen molar-refractivity contribution in [1.82, 2.24) is 10.3 Å². The Labute approximate surface area is 134 Å². The zero-order chi connectivity index (χ0) is 17.0. The van der Waals surface area contributed by atoms with Gasteiger partial charge in [0.05, 0.1) is 20.3 Å². The van der Waals surface area contributed by atoms with Gasteiger partial charge in [0, 0.05) is 17.3 Å². The number of nitrogens with one attached hydrogen (secondary N) is 2. The molecule has 2 aromatic rings. The molecule has 6 nitrogen and oxygen atoms in total. The number of rotatable bonds is 6. The first-order chi connectivity index (χ1) is 11.0. The summed E-state index contributed by atoms with van der Waals surface area (Å²) in [6.07, 6.45) is 1.52. The van der Waals surface area contributed by atoms with Gasteiger partial charge in [-0.15, -0.1) is 0 Å². The third kappa shape index (κ3) is 3.71. The Kier molecular flexibility index (Phi) is 5.05. The maximum absolute atomic E-state index is 12.3. The molecule has 0 saturated carbocycles. The molecule has 1 atom stereocenters. The van der Waals surface area contributed by atoms with E-state index < -0.39 is 0 Å². The standard InChI is InChI=1S/C17H20N2O4/c1-10(14-8-13(22-3)5-6-16(14)23-4)19-17(21)15-7-12(9-18-15)11(2)20/h5-10,18H,1-4H3,(H,19,21)/t10-/m1/s1. The monoisotopic (exact) mass is 316 g/mol. The zero-order valence-electron chi connectivity index (χ0n) is 13.6. The molecule has 0 radical (unpaired) electrons. The van der Waals surface area contributed by atoms with E-state index in [4.69, 9.17) is 9.47 Å². The average molecular weight is 316 g/mol. The lowest BCUT2D eigenvalue weighted by atomic mass is 10.1. The third-order valence-corrected chi connectivity index (χ3v) is 3.59. The topological polar surface area (TPSA) is 80.4 Å². The number of carbonyl (C=O) groups excluding carboxylic acids is 2. The molecule has 2 N–H and O–H groups in total. The number of methoxy groups -OCH3 is 2. The number of hydrogen-bond donors (Lipinski definition) is 2. The van der Waals surface area contributed by atoms with Gasteiger partial charge in [0.15, 0.2) is 5.78 Å². The molecule has 0 bridgehead atoms. The number of amides is 1. The van der Waals surface area contributed by atoms with Gasteiger partial charge in [-0.3, -0.25) is 9.59 Å². The highest BCUT2D eigenvalue weighted by molar-refractivity contribution is 5.99. The number of carbonyl (C=O) groups is 2. The highest BCUT2D eigenvalue weighted by atomic mass is 16.5.